The molecule has 1 fully saturated rings. The van der Waals surface area contributed by atoms with Gasteiger partial charge >= 0.3 is 0 Å². The summed E-state index contributed by atoms with van der Waals surface area (Å²) in [6, 6.07) is 0. The van der Waals surface area contributed by atoms with Crippen LogP contribution in [0.4, 0.5) is 0 Å². The van der Waals surface area contributed by atoms with Crippen molar-refractivity contribution in [3.05, 3.63) is 6.61 Å². The molecule has 35 valence electrons. The van der Waals surface area contributed by atoms with Crippen LogP contribution < -0.4 is 0 Å². The maximum atomic E-state index is 5.03. The van der Waals surface area contributed by atoms with Gasteiger partial charge in [0.05, 0.1) is 12.7 Å². The molecule has 0 spiro atoms. The minimum absolute atomic E-state index is 0.593. The Morgan fingerprint density at radius 1 is 1.67 bits per heavy atom. The summed E-state index contributed by atoms with van der Waals surface area (Å²) in [5.41, 5.74) is 0. The van der Waals surface area contributed by atoms with Crippen LogP contribution in [0.5, 0.6) is 0 Å². The summed E-state index contributed by atoms with van der Waals surface area (Å²) >= 11 is 0. The molecule has 0 aliphatic heterocycles. The molecule has 1 aliphatic carbocycles. The first-order valence-corrected chi connectivity index (χ1v) is 2.37. The Balaban J connectivity index is 1.88. The molecule has 0 amide bonds. The fourth-order valence-corrected chi connectivity index (χ4v) is 0.397. The van der Waals surface area contributed by atoms with E-state index in [0.717, 1.165) is 0 Å². The first-order chi connectivity index (χ1) is 2.93. The Morgan fingerprint density at radius 3 is 2.50 bits per heavy atom. The van der Waals surface area contributed by atoms with Gasteiger partial charge in [-0.05, 0) is 19.8 Å². The van der Waals surface area contributed by atoms with Gasteiger partial charge in [0, 0.05) is 0 Å². The van der Waals surface area contributed by atoms with E-state index >= 15 is 0 Å². The van der Waals surface area contributed by atoms with Crippen LogP contribution in [0.3, 0.4) is 0 Å². The zero-order chi connectivity index (χ0) is 4.41. The van der Waals surface area contributed by atoms with Crippen LogP contribution in [0, 0.1) is 6.61 Å². The Bertz CT molecular complexity index is 39.2. The average Bonchev–Trinajstić information content (AvgIpc) is 2.21. The summed E-state index contributed by atoms with van der Waals surface area (Å²) in [5.74, 6) is 0. The van der Waals surface area contributed by atoms with Gasteiger partial charge in [0.25, 0.3) is 0 Å². The molecule has 0 saturated heterocycles. The molecule has 0 atom stereocenters. The molecular formula is C5H9O. The third-order valence-corrected chi connectivity index (χ3v) is 0.853. The van der Waals surface area contributed by atoms with Crippen LogP contribution in [0.2, 0.25) is 0 Å². The minimum atomic E-state index is 0.593. The van der Waals surface area contributed by atoms with Crippen molar-refractivity contribution in [1.82, 2.24) is 0 Å². The van der Waals surface area contributed by atoms with Gasteiger partial charge in [-0.3, -0.25) is 0 Å². The highest BCUT2D eigenvalue weighted by Gasteiger charge is 2.20. The lowest BCUT2D eigenvalue weighted by Gasteiger charge is -1.88. The van der Waals surface area contributed by atoms with E-state index in [1.54, 1.807) is 6.61 Å². The fraction of sp³-hybridized carbons (Fsp3) is 0.800. The van der Waals surface area contributed by atoms with Crippen molar-refractivity contribution in [1.29, 1.82) is 0 Å². The summed E-state index contributed by atoms with van der Waals surface area (Å²) < 4.78 is 5.03. The summed E-state index contributed by atoms with van der Waals surface area (Å²) in [6.07, 6.45) is 3.13. The maximum absolute atomic E-state index is 5.03. The maximum Gasteiger partial charge on any atom is 0.0809 e. The highest BCUT2D eigenvalue weighted by Crippen LogP contribution is 2.23. The van der Waals surface area contributed by atoms with Crippen molar-refractivity contribution in [2.24, 2.45) is 0 Å². The summed E-state index contributed by atoms with van der Waals surface area (Å²) in [6.45, 7) is 3.68. The van der Waals surface area contributed by atoms with Crippen LogP contribution in [-0.4, -0.2) is 6.10 Å². The monoisotopic (exact) mass is 85.1 g/mol. The van der Waals surface area contributed by atoms with Crippen LogP contribution >= 0.6 is 0 Å². The summed E-state index contributed by atoms with van der Waals surface area (Å²) in [4.78, 5) is 0. The van der Waals surface area contributed by atoms with Crippen LogP contribution in [0.25, 0.3) is 0 Å². The van der Waals surface area contributed by atoms with Gasteiger partial charge in [-0.1, -0.05) is 0 Å². The predicted octanol–water partition coefficient (Wildman–Crippen LogP) is 1.35. The fourth-order valence-electron chi connectivity index (χ4n) is 0.397. The molecule has 1 aliphatic rings. The smallest absolute Gasteiger partial charge is 0.0809 e. The molecule has 1 saturated carbocycles. The molecule has 0 unspecified atom stereocenters. The predicted molar refractivity (Wildman–Crippen MR) is 24.1 cm³/mol. The van der Waals surface area contributed by atoms with E-state index in [2.05, 4.69) is 0 Å². The first kappa shape index (κ1) is 4.13. The second-order valence-corrected chi connectivity index (χ2v) is 1.57. The van der Waals surface area contributed by atoms with Gasteiger partial charge in [0.2, 0.25) is 0 Å². The highest BCUT2D eigenvalue weighted by molar-refractivity contribution is 4.73. The highest BCUT2D eigenvalue weighted by atomic mass is 16.5. The molecule has 6 heavy (non-hydrogen) atoms. The van der Waals surface area contributed by atoms with Crippen molar-refractivity contribution < 1.29 is 4.74 Å². The third kappa shape index (κ3) is 0.977. The number of ether oxygens (including phenoxy) is 1. The van der Waals surface area contributed by atoms with E-state index < -0.39 is 0 Å². The van der Waals surface area contributed by atoms with Gasteiger partial charge < -0.3 is 4.74 Å². The molecule has 0 aromatic heterocycles. The average molecular weight is 85.1 g/mol. The van der Waals surface area contributed by atoms with Crippen molar-refractivity contribution in [3.63, 3.8) is 0 Å². The molecule has 1 rings (SSSR count). The van der Waals surface area contributed by atoms with Crippen molar-refractivity contribution in [3.8, 4) is 0 Å². The topological polar surface area (TPSA) is 9.23 Å². The quantitative estimate of drug-likeness (QED) is 0.491. The largest absolute Gasteiger partial charge is 0.373 e. The lowest BCUT2D eigenvalue weighted by molar-refractivity contribution is 0.189. The Labute approximate surface area is 38.3 Å². The van der Waals surface area contributed by atoms with Gasteiger partial charge in [-0.25, -0.2) is 0 Å². The molecule has 1 nitrogen and oxygen atoms in total. The van der Waals surface area contributed by atoms with Crippen LogP contribution in [0.15, 0.2) is 0 Å². The molecule has 0 bridgehead atoms. The van der Waals surface area contributed by atoms with Gasteiger partial charge in [-0.15, -0.1) is 0 Å². The molecule has 1 radical (unpaired) electrons. The van der Waals surface area contributed by atoms with Crippen molar-refractivity contribution in [2.45, 2.75) is 25.9 Å². The second kappa shape index (κ2) is 1.61. The first-order valence-electron chi connectivity index (χ1n) is 2.37. The SMILES string of the molecule is C[CH]OC1CC1. The number of rotatable bonds is 2. The van der Waals surface area contributed by atoms with E-state index in [1.165, 1.54) is 12.8 Å². The van der Waals surface area contributed by atoms with Crippen LogP contribution in [-0.2, 0) is 4.74 Å². The van der Waals surface area contributed by atoms with Gasteiger partial charge in [-0.2, -0.15) is 0 Å². The third-order valence-electron chi connectivity index (χ3n) is 0.853. The zero-order valence-corrected chi connectivity index (χ0v) is 3.98. The molecule has 0 heterocycles. The standard InChI is InChI=1S/C5H9O/c1-2-6-5-3-4-5/h2,5H,3-4H2,1H3. The van der Waals surface area contributed by atoms with Gasteiger partial charge in [0.1, 0.15) is 0 Å². The normalized spacial score (nSPS) is 21.5. The Kier molecular flexibility index (Phi) is 1.10. The van der Waals surface area contributed by atoms with Crippen molar-refractivity contribution in [2.75, 3.05) is 0 Å². The van der Waals surface area contributed by atoms with Gasteiger partial charge in [0.15, 0.2) is 0 Å². The summed E-state index contributed by atoms with van der Waals surface area (Å²) in [7, 11) is 0. The molecule has 0 aromatic carbocycles. The van der Waals surface area contributed by atoms with E-state index in [1.807, 2.05) is 6.92 Å². The van der Waals surface area contributed by atoms with Crippen LogP contribution in [0.1, 0.15) is 19.8 Å². The van der Waals surface area contributed by atoms with E-state index in [4.69, 9.17) is 4.74 Å². The molecule has 0 N–H and O–H groups in total. The van der Waals surface area contributed by atoms with E-state index in [-0.39, 0.29) is 0 Å². The Morgan fingerprint density at radius 2 is 2.33 bits per heavy atom. The zero-order valence-electron chi connectivity index (χ0n) is 3.98. The lowest BCUT2D eigenvalue weighted by Crippen LogP contribution is -1.83. The van der Waals surface area contributed by atoms with Crippen molar-refractivity contribution >= 4 is 0 Å². The number of hydrogen-bond donors (Lipinski definition) is 0. The Hall–Kier alpha value is -0.0400. The minimum Gasteiger partial charge on any atom is -0.373 e. The number of hydrogen-bond acceptors (Lipinski definition) is 1. The molecular weight excluding hydrogens is 76.1 g/mol. The summed E-state index contributed by atoms with van der Waals surface area (Å²) in [5, 5.41) is 0. The molecule has 1 heteroatoms. The van der Waals surface area contributed by atoms with E-state index in [0.29, 0.717) is 6.10 Å². The van der Waals surface area contributed by atoms with E-state index in [9.17, 15) is 0 Å². The lowest BCUT2D eigenvalue weighted by atomic mass is 10.8. The second-order valence-electron chi connectivity index (χ2n) is 1.57. The molecule has 0 aromatic rings.